The molecular formula is C23H39N9O8S2. The molecule has 236 valence electrons. The summed E-state index contributed by atoms with van der Waals surface area (Å²) in [5, 5.41) is 19.3. The topological polar surface area (TPSA) is 281 Å². The average Bonchev–Trinajstić information content (AvgIpc) is 2.87. The number of aliphatic imine (C=N–C) groups is 1. The molecule has 0 radical (unpaired) electrons. The van der Waals surface area contributed by atoms with E-state index in [1.54, 1.807) is 13.8 Å². The number of nitrogens with zero attached hydrogens (tertiary/aromatic N) is 2. The highest BCUT2D eigenvalue weighted by Crippen LogP contribution is 2.38. The van der Waals surface area contributed by atoms with Crippen molar-refractivity contribution in [1.82, 2.24) is 26.2 Å². The highest BCUT2D eigenvalue weighted by atomic mass is 33.1. The van der Waals surface area contributed by atoms with Crippen molar-refractivity contribution in [3.05, 3.63) is 0 Å². The first-order valence-corrected chi connectivity index (χ1v) is 15.1. The molecule has 0 saturated carbocycles. The van der Waals surface area contributed by atoms with E-state index in [0.29, 0.717) is 0 Å². The van der Waals surface area contributed by atoms with Gasteiger partial charge in [0, 0.05) is 31.0 Å². The number of nitrogens with one attached hydrogen (secondary N) is 4. The molecule has 1 saturated heterocycles. The van der Waals surface area contributed by atoms with Crippen molar-refractivity contribution in [2.24, 2.45) is 22.2 Å². The SMILES string of the molecule is CC(=O)N[C@@H]1CSSC(C)(C)[C@H](C(N)=O)NC(=O)[C@@H](CC(=O)O)N(C)C(=O)CNC(=O)[C@@H](CCCN=C(N)N)NC1=O. The summed E-state index contributed by atoms with van der Waals surface area (Å²) >= 11 is 0. The summed E-state index contributed by atoms with van der Waals surface area (Å²) < 4.78 is -1.10. The predicted octanol–water partition coefficient (Wildman–Crippen LogP) is -3.41. The monoisotopic (exact) mass is 633 g/mol. The summed E-state index contributed by atoms with van der Waals surface area (Å²) in [5.74, 6) is -6.21. The molecular weight excluding hydrogens is 594 g/mol. The van der Waals surface area contributed by atoms with Crippen LogP contribution in [-0.2, 0) is 33.6 Å². The number of hydrogen-bond donors (Lipinski definition) is 8. The van der Waals surface area contributed by atoms with E-state index < -0.39 is 83.3 Å². The first-order chi connectivity index (χ1) is 19.5. The Morgan fingerprint density at radius 3 is 2.29 bits per heavy atom. The van der Waals surface area contributed by atoms with E-state index in [1.807, 2.05) is 0 Å². The van der Waals surface area contributed by atoms with Gasteiger partial charge in [-0.05, 0) is 26.7 Å². The van der Waals surface area contributed by atoms with Gasteiger partial charge in [-0.25, -0.2) is 0 Å². The number of rotatable bonds is 8. The van der Waals surface area contributed by atoms with E-state index in [1.165, 1.54) is 14.0 Å². The minimum absolute atomic E-state index is 0.00978. The lowest BCUT2D eigenvalue weighted by Crippen LogP contribution is -2.60. The summed E-state index contributed by atoms with van der Waals surface area (Å²) in [6.45, 7) is 3.90. The van der Waals surface area contributed by atoms with Crippen molar-refractivity contribution >= 4 is 69.0 Å². The fraction of sp³-hybridized carbons (Fsp3) is 0.652. The van der Waals surface area contributed by atoms with Crippen LogP contribution in [0.2, 0.25) is 0 Å². The van der Waals surface area contributed by atoms with E-state index in [0.717, 1.165) is 26.5 Å². The van der Waals surface area contributed by atoms with Crippen LogP contribution in [0.25, 0.3) is 0 Å². The number of aliphatic carboxylic acids is 1. The van der Waals surface area contributed by atoms with Crippen LogP contribution >= 0.6 is 21.6 Å². The van der Waals surface area contributed by atoms with Crippen LogP contribution in [0.1, 0.15) is 40.0 Å². The Balaban J connectivity index is 3.45. The first-order valence-electron chi connectivity index (χ1n) is 12.7. The Morgan fingerprint density at radius 1 is 1.10 bits per heavy atom. The Labute approximate surface area is 250 Å². The summed E-state index contributed by atoms with van der Waals surface area (Å²) in [6, 6.07) is -5.13. The van der Waals surface area contributed by atoms with E-state index in [9.17, 15) is 38.7 Å². The number of amides is 6. The molecule has 6 amide bonds. The van der Waals surface area contributed by atoms with Crippen LogP contribution in [0.5, 0.6) is 0 Å². The van der Waals surface area contributed by atoms with Gasteiger partial charge in [-0.15, -0.1) is 0 Å². The minimum atomic E-state index is -1.54. The van der Waals surface area contributed by atoms with Crippen molar-refractivity contribution in [3.63, 3.8) is 0 Å². The predicted molar refractivity (Wildman–Crippen MR) is 157 cm³/mol. The summed E-state index contributed by atoms with van der Waals surface area (Å²) in [6.07, 6.45) is -0.467. The molecule has 1 aliphatic heterocycles. The fourth-order valence-electron chi connectivity index (χ4n) is 3.76. The molecule has 11 N–H and O–H groups in total. The van der Waals surface area contributed by atoms with Crippen LogP contribution < -0.4 is 38.5 Å². The zero-order valence-electron chi connectivity index (χ0n) is 23.8. The molecule has 0 aromatic rings. The number of primary amides is 1. The van der Waals surface area contributed by atoms with Crippen LogP contribution in [0.15, 0.2) is 4.99 Å². The smallest absolute Gasteiger partial charge is 0.305 e. The van der Waals surface area contributed by atoms with Gasteiger partial charge in [0.15, 0.2) is 5.96 Å². The maximum atomic E-state index is 13.2. The molecule has 1 aliphatic rings. The zero-order chi connectivity index (χ0) is 32.2. The van der Waals surface area contributed by atoms with Crippen LogP contribution in [0, 0.1) is 0 Å². The van der Waals surface area contributed by atoms with Crippen molar-refractivity contribution in [2.75, 3.05) is 25.9 Å². The molecule has 17 nitrogen and oxygen atoms in total. The molecule has 0 aliphatic carbocycles. The number of carbonyl (C=O) groups is 7. The lowest BCUT2D eigenvalue weighted by atomic mass is 10.0. The Hall–Kier alpha value is -3.74. The fourth-order valence-corrected chi connectivity index (χ4v) is 6.58. The van der Waals surface area contributed by atoms with E-state index >= 15 is 0 Å². The van der Waals surface area contributed by atoms with Crippen LogP contribution in [0.3, 0.4) is 0 Å². The molecule has 42 heavy (non-hydrogen) atoms. The van der Waals surface area contributed by atoms with Gasteiger partial charge in [-0.1, -0.05) is 21.6 Å². The zero-order valence-corrected chi connectivity index (χ0v) is 25.4. The Kier molecular flexibility index (Phi) is 14.4. The highest BCUT2D eigenvalue weighted by molar-refractivity contribution is 8.77. The number of likely N-dealkylation sites (N-methyl/N-ethyl adjacent to an activating group) is 1. The van der Waals surface area contributed by atoms with E-state index in [4.69, 9.17) is 17.2 Å². The quantitative estimate of drug-likeness (QED) is 0.0562. The van der Waals surface area contributed by atoms with Gasteiger partial charge in [-0.3, -0.25) is 38.6 Å². The van der Waals surface area contributed by atoms with Crippen LogP contribution in [0.4, 0.5) is 0 Å². The number of carbonyl (C=O) groups excluding carboxylic acids is 6. The van der Waals surface area contributed by atoms with Gasteiger partial charge in [0.1, 0.15) is 24.2 Å². The molecule has 1 rings (SSSR count). The van der Waals surface area contributed by atoms with E-state index in [-0.39, 0.29) is 31.1 Å². The Morgan fingerprint density at radius 2 is 1.74 bits per heavy atom. The molecule has 0 bridgehead atoms. The van der Waals surface area contributed by atoms with Crippen molar-refractivity contribution in [1.29, 1.82) is 0 Å². The number of carboxylic acids is 1. The van der Waals surface area contributed by atoms with Gasteiger partial charge in [0.2, 0.25) is 35.4 Å². The molecule has 0 aromatic carbocycles. The minimum Gasteiger partial charge on any atom is -0.481 e. The van der Waals surface area contributed by atoms with Crippen molar-refractivity contribution in [3.8, 4) is 0 Å². The second kappa shape index (κ2) is 16.6. The van der Waals surface area contributed by atoms with Gasteiger partial charge >= 0.3 is 5.97 Å². The standard InChI is InChI=1S/C23H39N9O8S2/c1-11(33)29-13-10-41-42-23(2,3)17(18(24)37)31-21(40)14(8-16(35)36)32(4)15(34)9-28-19(38)12(30-20(13)39)6-5-7-27-22(25)26/h12-14,17H,5-10H2,1-4H3,(H2,24,37)(H,28,38)(H,29,33)(H,30,39)(H,31,40)(H,35,36)(H4,25,26,27)/t12-,13-,14-,17+/m1/s1. The van der Waals surface area contributed by atoms with Gasteiger partial charge in [0.05, 0.1) is 13.0 Å². The number of guanidine groups is 1. The molecule has 4 atom stereocenters. The largest absolute Gasteiger partial charge is 0.481 e. The molecule has 1 heterocycles. The summed E-state index contributed by atoms with van der Waals surface area (Å²) in [4.78, 5) is 92.7. The number of nitrogens with two attached hydrogens (primary N) is 3. The second-order valence-electron chi connectivity index (χ2n) is 9.91. The third-order valence-electron chi connectivity index (χ3n) is 5.99. The van der Waals surface area contributed by atoms with Crippen molar-refractivity contribution in [2.45, 2.75) is 68.9 Å². The van der Waals surface area contributed by atoms with Crippen LogP contribution in [-0.4, -0.2) is 112 Å². The normalized spacial score (nSPS) is 24.3. The third-order valence-corrected chi connectivity index (χ3v) is 9.30. The maximum Gasteiger partial charge on any atom is 0.305 e. The maximum absolute atomic E-state index is 13.2. The molecule has 1 fully saturated rings. The number of hydrogen-bond acceptors (Lipinski definition) is 10. The second-order valence-corrected chi connectivity index (χ2v) is 12.9. The van der Waals surface area contributed by atoms with Gasteiger partial charge in [-0.2, -0.15) is 0 Å². The first kappa shape index (κ1) is 36.3. The van der Waals surface area contributed by atoms with Crippen molar-refractivity contribution < 1.29 is 38.7 Å². The van der Waals surface area contributed by atoms with Gasteiger partial charge in [0.25, 0.3) is 0 Å². The summed E-state index contributed by atoms with van der Waals surface area (Å²) in [5.41, 5.74) is 16.2. The summed E-state index contributed by atoms with van der Waals surface area (Å²) in [7, 11) is 3.35. The lowest BCUT2D eigenvalue weighted by molar-refractivity contribution is -0.146. The Bertz CT molecular complexity index is 1080. The highest BCUT2D eigenvalue weighted by Gasteiger charge is 2.40. The molecule has 0 spiro atoms. The van der Waals surface area contributed by atoms with Gasteiger partial charge < -0.3 is 48.5 Å². The number of carboxylic acid groups (broad SMARTS) is 1. The molecule has 0 unspecified atom stereocenters. The average molecular weight is 634 g/mol. The van der Waals surface area contributed by atoms with E-state index in [2.05, 4.69) is 26.3 Å². The third kappa shape index (κ3) is 12.0. The molecule has 19 heteroatoms. The lowest BCUT2D eigenvalue weighted by Gasteiger charge is -2.34. The molecule has 0 aromatic heterocycles.